The zero-order valence-corrected chi connectivity index (χ0v) is 10.2. The summed E-state index contributed by atoms with van der Waals surface area (Å²) in [6.45, 7) is 0. The molecule has 2 nitrogen and oxygen atoms in total. The molecule has 1 N–H and O–H groups in total. The van der Waals surface area contributed by atoms with Crippen molar-refractivity contribution in [2.24, 2.45) is 4.99 Å². The molecule has 6 heteroatoms. The van der Waals surface area contributed by atoms with Gasteiger partial charge in [-0.3, -0.25) is 0 Å². The van der Waals surface area contributed by atoms with Gasteiger partial charge in [-0.25, -0.2) is 4.99 Å². The van der Waals surface area contributed by atoms with E-state index in [0.29, 0.717) is 0 Å². The van der Waals surface area contributed by atoms with Crippen LogP contribution >= 0.6 is 51.0 Å². The highest BCUT2D eigenvalue weighted by atomic mass is 79.9. The first-order valence-electron chi connectivity index (χ1n) is 3.14. The smallest absolute Gasteiger partial charge is 0.172 e. The van der Waals surface area contributed by atoms with Crippen LogP contribution in [-0.4, -0.2) is 11.4 Å². The number of hydrogen-bond acceptors (Lipinski definition) is 5. The zero-order valence-electron chi connectivity index (χ0n) is 6.13. The topological polar surface area (TPSA) is 24.4 Å². The van der Waals surface area contributed by atoms with Gasteiger partial charge in [0.1, 0.15) is 5.00 Å². The molecule has 0 aromatic carbocycles. The van der Waals surface area contributed by atoms with Crippen LogP contribution in [0, 0.1) is 0 Å². The van der Waals surface area contributed by atoms with Crippen molar-refractivity contribution >= 4 is 61.1 Å². The number of nitrogens with zero attached hydrogens (tertiary/aromatic N) is 1. The molecule has 0 fully saturated rings. The number of nitrogens with one attached hydrogen (secondary N) is 1. The quantitative estimate of drug-likeness (QED) is 0.737. The van der Waals surface area contributed by atoms with Crippen LogP contribution in [0.2, 0.25) is 0 Å². The van der Waals surface area contributed by atoms with Gasteiger partial charge < -0.3 is 4.72 Å². The van der Waals surface area contributed by atoms with Gasteiger partial charge in [-0.1, -0.05) is 11.8 Å². The van der Waals surface area contributed by atoms with E-state index in [1.54, 1.807) is 35.0 Å². The van der Waals surface area contributed by atoms with E-state index >= 15 is 0 Å². The second kappa shape index (κ2) is 3.61. The maximum Gasteiger partial charge on any atom is 0.172 e. The standard InChI is InChI=1S/C6H5BrN2S3/c1-10-6-8-5-3(12-9-6)2-4(7)11-5/h2H,1H3,(H,8,9). The van der Waals surface area contributed by atoms with Gasteiger partial charge >= 0.3 is 0 Å². The van der Waals surface area contributed by atoms with E-state index in [-0.39, 0.29) is 0 Å². The van der Waals surface area contributed by atoms with Gasteiger partial charge in [0.2, 0.25) is 0 Å². The summed E-state index contributed by atoms with van der Waals surface area (Å²) in [6.07, 6.45) is 2.01. The second-order valence-corrected chi connectivity index (χ2v) is 6.10. The Labute approximate surface area is 91.5 Å². The SMILES string of the molecule is CSC1=Nc2sc(Br)cc2SN1. The summed E-state index contributed by atoms with van der Waals surface area (Å²) < 4.78 is 4.29. The third kappa shape index (κ3) is 1.66. The van der Waals surface area contributed by atoms with Crippen molar-refractivity contribution < 1.29 is 0 Å². The molecule has 0 amide bonds. The fourth-order valence-corrected chi connectivity index (χ4v) is 3.86. The van der Waals surface area contributed by atoms with Crippen molar-refractivity contribution in [1.29, 1.82) is 0 Å². The highest BCUT2D eigenvalue weighted by Crippen LogP contribution is 2.42. The molecule has 0 radical (unpaired) electrons. The minimum Gasteiger partial charge on any atom is -0.305 e. The Morgan fingerprint density at radius 1 is 1.67 bits per heavy atom. The highest BCUT2D eigenvalue weighted by molar-refractivity contribution is 9.11. The molecule has 1 aliphatic rings. The predicted octanol–water partition coefficient (Wildman–Crippen LogP) is 3.47. The van der Waals surface area contributed by atoms with Crippen molar-refractivity contribution in [3.05, 3.63) is 9.85 Å². The number of amidine groups is 1. The Morgan fingerprint density at radius 2 is 2.50 bits per heavy atom. The Hall–Kier alpha value is 0.350. The summed E-state index contributed by atoms with van der Waals surface area (Å²) in [5.41, 5.74) is 0. The van der Waals surface area contributed by atoms with E-state index in [0.717, 1.165) is 14.0 Å². The lowest BCUT2D eigenvalue weighted by Gasteiger charge is -2.10. The molecular formula is C6H5BrN2S3. The first kappa shape index (κ1) is 8.93. The molecule has 2 rings (SSSR count). The summed E-state index contributed by atoms with van der Waals surface area (Å²) in [7, 11) is 0. The zero-order chi connectivity index (χ0) is 8.55. The van der Waals surface area contributed by atoms with E-state index < -0.39 is 0 Å². The Bertz CT molecular complexity index is 334. The summed E-state index contributed by atoms with van der Waals surface area (Å²) in [5, 5.41) is 2.07. The summed E-state index contributed by atoms with van der Waals surface area (Å²) in [4.78, 5) is 5.62. The molecule has 0 spiro atoms. The van der Waals surface area contributed by atoms with Crippen molar-refractivity contribution in [2.75, 3.05) is 6.26 Å². The fraction of sp³-hybridized carbons (Fsp3) is 0.167. The summed E-state index contributed by atoms with van der Waals surface area (Å²) in [5.74, 6) is 0. The number of aliphatic imine (C=N–C) groups is 1. The fourth-order valence-electron chi connectivity index (χ4n) is 0.789. The van der Waals surface area contributed by atoms with Crippen LogP contribution in [-0.2, 0) is 0 Å². The molecule has 1 aromatic heterocycles. The second-order valence-electron chi connectivity index (χ2n) is 2.05. The lowest BCUT2D eigenvalue weighted by atomic mass is 10.6. The monoisotopic (exact) mass is 280 g/mol. The molecule has 0 aliphatic carbocycles. The van der Waals surface area contributed by atoms with Crippen molar-refractivity contribution in [3.8, 4) is 0 Å². The van der Waals surface area contributed by atoms with E-state index in [4.69, 9.17) is 0 Å². The van der Waals surface area contributed by atoms with Gasteiger partial charge in [0.05, 0.1) is 8.68 Å². The average molecular weight is 281 g/mol. The van der Waals surface area contributed by atoms with Gasteiger partial charge in [0, 0.05) is 0 Å². The molecule has 1 aromatic rings. The maximum absolute atomic E-state index is 4.42. The van der Waals surface area contributed by atoms with E-state index in [2.05, 4.69) is 31.7 Å². The van der Waals surface area contributed by atoms with Gasteiger partial charge in [-0.15, -0.1) is 11.3 Å². The third-order valence-electron chi connectivity index (χ3n) is 1.29. The van der Waals surface area contributed by atoms with E-state index in [1.807, 2.05) is 6.26 Å². The van der Waals surface area contributed by atoms with Gasteiger partial charge in [-0.2, -0.15) is 0 Å². The van der Waals surface area contributed by atoms with Crippen LogP contribution in [0.5, 0.6) is 0 Å². The van der Waals surface area contributed by atoms with E-state index in [1.165, 1.54) is 4.90 Å². The first-order chi connectivity index (χ1) is 5.79. The minimum atomic E-state index is 0.974. The van der Waals surface area contributed by atoms with Crippen molar-refractivity contribution in [3.63, 3.8) is 0 Å². The average Bonchev–Trinajstić information content (AvgIpc) is 2.43. The van der Waals surface area contributed by atoms with Crippen LogP contribution in [0.1, 0.15) is 0 Å². The highest BCUT2D eigenvalue weighted by Gasteiger charge is 2.14. The van der Waals surface area contributed by atoms with Gasteiger partial charge in [0.25, 0.3) is 0 Å². The number of fused-ring (bicyclic) bond motifs is 1. The number of thioether (sulfide) groups is 1. The van der Waals surface area contributed by atoms with Gasteiger partial charge in [0.15, 0.2) is 5.17 Å². The van der Waals surface area contributed by atoms with Crippen molar-refractivity contribution in [2.45, 2.75) is 4.90 Å². The van der Waals surface area contributed by atoms with E-state index in [9.17, 15) is 0 Å². The molecule has 64 valence electrons. The number of hydrogen-bond donors (Lipinski definition) is 1. The molecular weight excluding hydrogens is 276 g/mol. The Morgan fingerprint density at radius 3 is 3.25 bits per heavy atom. The molecule has 0 unspecified atom stereocenters. The van der Waals surface area contributed by atoms with Gasteiger partial charge in [-0.05, 0) is 40.2 Å². The third-order valence-corrected chi connectivity index (χ3v) is 4.49. The maximum atomic E-state index is 4.42. The van der Waals surface area contributed by atoms with Crippen LogP contribution in [0.3, 0.4) is 0 Å². The number of thiophene rings is 1. The Balaban J connectivity index is 2.40. The van der Waals surface area contributed by atoms with Crippen LogP contribution < -0.4 is 4.72 Å². The summed E-state index contributed by atoms with van der Waals surface area (Å²) in [6, 6.07) is 2.08. The molecule has 0 saturated heterocycles. The number of rotatable bonds is 0. The lowest BCUT2D eigenvalue weighted by Crippen LogP contribution is -2.12. The Kier molecular flexibility index (Phi) is 2.69. The van der Waals surface area contributed by atoms with Crippen LogP contribution in [0.15, 0.2) is 19.7 Å². The molecule has 1 aliphatic heterocycles. The minimum absolute atomic E-state index is 0.974. The normalized spacial score (nSPS) is 15.0. The van der Waals surface area contributed by atoms with Crippen LogP contribution in [0.25, 0.3) is 0 Å². The summed E-state index contributed by atoms with van der Waals surface area (Å²) >= 11 is 8.35. The van der Waals surface area contributed by atoms with Crippen LogP contribution in [0.4, 0.5) is 5.00 Å². The number of halogens is 1. The predicted molar refractivity (Wildman–Crippen MR) is 61.6 cm³/mol. The molecule has 0 atom stereocenters. The molecule has 2 heterocycles. The van der Waals surface area contributed by atoms with Crippen molar-refractivity contribution in [1.82, 2.24) is 4.72 Å². The molecule has 0 saturated carbocycles. The molecule has 12 heavy (non-hydrogen) atoms. The largest absolute Gasteiger partial charge is 0.305 e. The lowest BCUT2D eigenvalue weighted by molar-refractivity contribution is 1.37. The first-order valence-corrected chi connectivity index (χ1v) is 6.79. The molecule has 0 bridgehead atoms.